The van der Waals surface area contributed by atoms with E-state index in [0.717, 1.165) is 49.2 Å². The molecule has 0 spiro atoms. The molecule has 0 aliphatic heterocycles. The number of pyridine rings is 1. The van der Waals surface area contributed by atoms with Crippen molar-refractivity contribution in [2.24, 2.45) is 5.92 Å². The van der Waals surface area contributed by atoms with Crippen molar-refractivity contribution >= 4 is 17.7 Å². The number of Topliss-reactive ketones (excluding diaryl/α,β-unsaturated/α-hetero) is 1. The number of amides is 1. The van der Waals surface area contributed by atoms with Crippen molar-refractivity contribution in [1.29, 1.82) is 0 Å². The number of rotatable bonds is 12. The van der Waals surface area contributed by atoms with Gasteiger partial charge in [0, 0.05) is 57.3 Å². The summed E-state index contributed by atoms with van der Waals surface area (Å²) >= 11 is 0. The zero-order valence-electron chi connectivity index (χ0n) is 22.3. The smallest absolute Gasteiger partial charge is 0.475 e. The van der Waals surface area contributed by atoms with Crippen LogP contribution in [0.5, 0.6) is 0 Å². The van der Waals surface area contributed by atoms with Crippen LogP contribution in [0, 0.1) is 5.92 Å². The lowest BCUT2D eigenvalue weighted by atomic mass is 10.0. The van der Waals surface area contributed by atoms with Crippen LogP contribution < -0.4 is 5.32 Å². The molecule has 1 aliphatic rings. The number of alkyl halides is 3. The fourth-order valence-electron chi connectivity index (χ4n) is 4.05. The first kappa shape index (κ1) is 31.9. The van der Waals surface area contributed by atoms with E-state index in [1.54, 1.807) is 12.0 Å². The van der Waals surface area contributed by atoms with Crippen LogP contribution in [0.15, 0.2) is 42.6 Å². The van der Waals surface area contributed by atoms with Crippen LogP contribution in [0.3, 0.4) is 0 Å². The van der Waals surface area contributed by atoms with Gasteiger partial charge in [0.05, 0.1) is 12.3 Å². The molecule has 1 heterocycles. The summed E-state index contributed by atoms with van der Waals surface area (Å²) in [4.78, 5) is 40.1. The lowest BCUT2D eigenvalue weighted by Gasteiger charge is -2.24. The SMILES string of the molecule is CCCNCc1ccc(-c2ccc(CN(CCOC)C(=O)CC3CCCC3=O)cc2)nc1.O=C(O)C(F)(F)F. The standard InChI is InChI=1S/C26H35N3O3.C2HF3O2/c1-3-13-27-17-21-9-12-24(28-18-21)22-10-7-20(8-11-22)19-29(14-15-32-2)26(31)16-23-5-4-6-25(23)30;3-2(4,5)1(6)7/h7-12,18,23,27H,3-6,13-17,19H2,1-2H3;(H,6,7). The summed E-state index contributed by atoms with van der Waals surface area (Å²) < 4.78 is 36.9. The van der Waals surface area contributed by atoms with Crippen LogP contribution in [0.2, 0.25) is 0 Å². The molecule has 0 bridgehead atoms. The number of halogens is 3. The number of carboxylic acids is 1. The minimum absolute atomic E-state index is 0.0281. The summed E-state index contributed by atoms with van der Waals surface area (Å²) in [6, 6.07) is 12.3. The summed E-state index contributed by atoms with van der Waals surface area (Å²) in [5.41, 5.74) is 4.21. The average molecular weight is 552 g/mol. The largest absolute Gasteiger partial charge is 0.490 e. The number of methoxy groups -OCH3 is 1. The van der Waals surface area contributed by atoms with Crippen LogP contribution in [-0.2, 0) is 32.2 Å². The second-order valence-electron chi connectivity index (χ2n) is 9.30. The van der Waals surface area contributed by atoms with Gasteiger partial charge in [-0.1, -0.05) is 37.3 Å². The number of aliphatic carboxylic acids is 1. The molecule has 39 heavy (non-hydrogen) atoms. The van der Waals surface area contributed by atoms with E-state index < -0.39 is 12.1 Å². The van der Waals surface area contributed by atoms with Gasteiger partial charge in [-0.2, -0.15) is 13.2 Å². The highest BCUT2D eigenvalue weighted by Gasteiger charge is 2.38. The molecule has 1 saturated carbocycles. The van der Waals surface area contributed by atoms with E-state index in [-0.39, 0.29) is 17.6 Å². The van der Waals surface area contributed by atoms with Crippen molar-refractivity contribution in [2.45, 2.75) is 58.3 Å². The van der Waals surface area contributed by atoms with Gasteiger partial charge in [-0.25, -0.2) is 4.79 Å². The Hall–Kier alpha value is -3.31. The van der Waals surface area contributed by atoms with E-state index in [0.29, 0.717) is 32.5 Å². The summed E-state index contributed by atoms with van der Waals surface area (Å²) in [7, 11) is 1.64. The summed E-state index contributed by atoms with van der Waals surface area (Å²) in [5.74, 6) is -2.61. The first-order valence-electron chi connectivity index (χ1n) is 12.9. The Labute approximate surface area is 226 Å². The third-order valence-electron chi connectivity index (χ3n) is 6.22. The van der Waals surface area contributed by atoms with E-state index in [1.807, 2.05) is 36.5 Å². The van der Waals surface area contributed by atoms with Gasteiger partial charge in [0.2, 0.25) is 5.91 Å². The molecule has 11 heteroatoms. The van der Waals surface area contributed by atoms with E-state index in [1.165, 1.54) is 5.56 Å². The van der Waals surface area contributed by atoms with Crippen molar-refractivity contribution in [2.75, 3.05) is 26.8 Å². The number of nitrogens with one attached hydrogen (secondary N) is 1. The molecule has 1 amide bonds. The van der Waals surface area contributed by atoms with Gasteiger partial charge in [0.25, 0.3) is 0 Å². The molecule has 1 unspecified atom stereocenters. The number of nitrogens with zero attached hydrogens (tertiary/aromatic N) is 2. The van der Waals surface area contributed by atoms with Gasteiger partial charge in [0.15, 0.2) is 0 Å². The quantitative estimate of drug-likeness (QED) is 0.371. The molecule has 1 atom stereocenters. The fraction of sp³-hybridized carbons (Fsp3) is 0.500. The Morgan fingerprint density at radius 3 is 2.33 bits per heavy atom. The number of hydrogen-bond acceptors (Lipinski definition) is 6. The minimum Gasteiger partial charge on any atom is -0.475 e. The number of ether oxygens (including phenoxy) is 1. The van der Waals surface area contributed by atoms with Crippen LogP contribution in [-0.4, -0.2) is 65.6 Å². The van der Waals surface area contributed by atoms with Gasteiger partial charge in [-0.15, -0.1) is 0 Å². The highest BCUT2D eigenvalue weighted by Crippen LogP contribution is 2.25. The molecule has 1 aromatic carbocycles. The second kappa shape index (κ2) is 15.9. The number of carbonyl (C=O) groups is 3. The molecule has 214 valence electrons. The Bertz CT molecular complexity index is 1060. The molecule has 0 saturated heterocycles. The molecule has 0 radical (unpaired) electrons. The maximum absolute atomic E-state index is 12.9. The number of carboxylic acid groups (broad SMARTS) is 1. The lowest BCUT2D eigenvalue weighted by Crippen LogP contribution is -2.35. The second-order valence-corrected chi connectivity index (χ2v) is 9.30. The average Bonchev–Trinajstić information content (AvgIpc) is 3.31. The zero-order valence-corrected chi connectivity index (χ0v) is 22.3. The Kier molecular flexibility index (Phi) is 13.0. The Balaban J connectivity index is 0.000000673. The fourth-order valence-corrected chi connectivity index (χ4v) is 4.05. The number of benzene rings is 1. The van der Waals surface area contributed by atoms with E-state index in [4.69, 9.17) is 14.6 Å². The molecule has 2 N–H and O–H groups in total. The van der Waals surface area contributed by atoms with Crippen molar-refractivity contribution < 1.29 is 37.4 Å². The van der Waals surface area contributed by atoms with Gasteiger partial charge < -0.3 is 20.1 Å². The van der Waals surface area contributed by atoms with Crippen LogP contribution in [0.25, 0.3) is 11.3 Å². The normalized spacial score (nSPS) is 15.0. The van der Waals surface area contributed by atoms with Gasteiger partial charge >= 0.3 is 12.1 Å². The molecule has 8 nitrogen and oxygen atoms in total. The van der Waals surface area contributed by atoms with Crippen molar-refractivity contribution in [3.8, 4) is 11.3 Å². The third kappa shape index (κ3) is 11.1. The number of carbonyl (C=O) groups excluding carboxylic acids is 2. The molecular formula is C28H36F3N3O5. The van der Waals surface area contributed by atoms with Gasteiger partial charge in [0.1, 0.15) is 5.78 Å². The number of ketones is 1. The summed E-state index contributed by atoms with van der Waals surface area (Å²) in [6.45, 7) is 5.50. The maximum atomic E-state index is 12.9. The Morgan fingerprint density at radius 2 is 1.82 bits per heavy atom. The number of hydrogen-bond donors (Lipinski definition) is 2. The zero-order chi connectivity index (χ0) is 28.8. The molecule has 1 aliphatic carbocycles. The van der Waals surface area contributed by atoms with Gasteiger partial charge in [-0.3, -0.25) is 14.6 Å². The maximum Gasteiger partial charge on any atom is 0.490 e. The molecule has 1 fully saturated rings. The van der Waals surface area contributed by atoms with E-state index in [2.05, 4.69) is 23.3 Å². The minimum atomic E-state index is -5.08. The first-order valence-corrected chi connectivity index (χ1v) is 12.9. The molecule has 1 aromatic heterocycles. The predicted octanol–water partition coefficient (Wildman–Crippen LogP) is 4.62. The lowest BCUT2D eigenvalue weighted by molar-refractivity contribution is -0.192. The first-order chi connectivity index (χ1) is 18.5. The summed E-state index contributed by atoms with van der Waals surface area (Å²) in [6.07, 6.45) is 0.608. The van der Waals surface area contributed by atoms with Crippen molar-refractivity contribution in [3.63, 3.8) is 0 Å². The van der Waals surface area contributed by atoms with Crippen molar-refractivity contribution in [1.82, 2.24) is 15.2 Å². The van der Waals surface area contributed by atoms with Crippen LogP contribution in [0.4, 0.5) is 13.2 Å². The molecular weight excluding hydrogens is 515 g/mol. The van der Waals surface area contributed by atoms with Crippen molar-refractivity contribution in [3.05, 3.63) is 53.7 Å². The van der Waals surface area contributed by atoms with Crippen LogP contribution >= 0.6 is 0 Å². The summed E-state index contributed by atoms with van der Waals surface area (Å²) in [5, 5.41) is 10.5. The molecule has 3 rings (SSSR count). The highest BCUT2D eigenvalue weighted by molar-refractivity contribution is 5.88. The third-order valence-corrected chi connectivity index (χ3v) is 6.22. The molecule has 2 aromatic rings. The Morgan fingerprint density at radius 1 is 1.15 bits per heavy atom. The van der Waals surface area contributed by atoms with Gasteiger partial charge in [-0.05, 0) is 43.0 Å². The number of aromatic nitrogens is 1. The van der Waals surface area contributed by atoms with E-state index >= 15 is 0 Å². The highest BCUT2D eigenvalue weighted by atomic mass is 19.4. The predicted molar refractivity (Wildman–Crippen MR) is 140 cm³/mol. The van der Waals surface area contributed by atoms with E-state index in [9.17, 15) is 22.8 Å². The topological polar surface area (TPSA) is 109 Å². The monoisotopic (exact) mass is 551 g/mol. The van der Waals surface area contributed by atoms with Crippen LogP contribution in [0.1, 0.15) is 50.2 Å².